The third-order valence-corrected chi connectivity index (χ3v) is 6.10. The van der Waals surface area contributed by atoms with Crippen molar-refractivity contribution in [1.29, 1.82) is 0 Å². The van der Waals surface area contributed by atoms with Gasteiger partial charge in [0.15, 0.2) is 6.10 Å². The number of nitrogens with zero attached hydrogens (tertiary/aromatic N) is 2. The molecule has 2 aliphatic heterocycles. The summed E-state index contributed by atoms with van der Waals surface area (Å²) in [5, 5.41) is 1.53. The van der Waals surface area contributed by atoms with Gasteiger partial charge in [-0.25, -0.2) is 18.7 Å². The van der Waals surface area contributed by atoms with E-state index in [1.54, 1.807) is 24.3 Å². The highest BCUT2D eigenvalue weighted by molar-refractivity contribution is 9.10. The highest BCUT2D eigenvalue weighted by Crippen LogP contribution is 2.47. The first-order valence-corrected chi connectivity index (χ1v) is 10.3. The Labute approximate surface area is 184 Å². The van der Waals surface area contributed by atoms with Gasteiger partial charge in [0.1, 0.15) is 17.6 Å². The van der Waals surface area contributed by atoms with Crippen molar-refractivity contribution in [2.24, 2.45) is 5.92 Å². The van der Waals surface area contributed by atoms with Crippen molar-refractivity contribution < 1.29 is 23.2 Å². The second kappa shape index (κ2) is 7.55. The van der Waals surface area contributed by atoms with Crippen molar-refractivity contribution in [2.75, 3.05) is 9.96 Å². The largest absolute Gasteiger partial charge is 0.273 e. The van der Waals surface area contributed by atoms with Crippen LogP contribution in [-0.2, 0) is 14.4 Å². The van der Waals surface area contributed by atoms with E-state index in [2.05, 4.69) is 15.9 Å². The van der Waals surface area contributed by atoms with Crippen LogP contribution in [0, 0.1) is 17.6 Å². The number of halogens is 3. The fraction of sp³-hybridized carbons (Fsp3) is 0.130. The lowest BCUT2D eigenvalue weighted by Gasteiger charge is -2.29. The number of hydroxylamine groups is 1. The first-order chi connectivity index (χ1) is 15.0. The monoisotopic (exact) mass is 484 g/mol. The highest BCUT2D eigenvalue weighted by Gasteiger charge is 2.60. The van der Waals surface area contributed by atoms with Crippen LogP contribution < -0.4 is 9.96 Å². The number of carbonyl (C=O) groups excluding carboxylic acids is 2. The Bertz CT molecular complexity index is 1170. The average Bonchev–Trinajstić information content (AvgIpc) is 3.28. The van der Waals surface area contributed by atoms with Crippen LogP contribution in [-0.4, -0.2) is 17.9 Å². The molecular weight excluding hydrogens is 470 g/mol. The van der Waals surface area contributed by atoms with Gasteiger partial charge in [-0.1, -0.05) is 24.3 Å². The number of carbonyl (C=O) groups is 2. The number of hydrogen-bond acceptors (Lipinski definition) is 4. The van der Waals surface area contributed by atoms with Gasteiger partial charge < -0.3 is 0 Å². The molecule has 2 aliphatic rings. The van der Waals surface area contributed by atoms with Crippen LogP contribution in [0.3, 0.4) is 0 Å². The second-order valence-electron chi connectivity index (χ2n) is 7.32. The van der Waals surface area contributed by atoms with Gasteiger partial charge in [-0.15, -0.1) is 0 Å². The smallest absolute Gasteiger partial charge is 0.266 e. The Balaban J connectivity index is 1.60. The summed E-state index contributed by atoms with van der Waals surface area (Å²) in [5.41, 5.74) is 1.56. The number of anilines is 2. The zero-order valence-corrected chi connectivity index (χ0v) is 17.5. The topological polar surface area (TPSA) is 49.9 Å². The molecule has 3 aromatic rings. The molecule has 0 unspecified atom stereocenters. The molecule has 0 saturated carbocycles. The van der Waals surface area contributed by atoms with E-state index in [0.717, 1.165) is 4.90 Å². The molecule has 2 amide bonds. The number of para-hydroxylation sites is 1. The van der Waals surface area contributed by atoms with Crippen LogP contribution in [0.1, 0.15) is 11.6 Å². The molecule has 2 heterocycles. The normalized spacial score (nSPS) is 22.9. The molecule has 3 atom stereocenters. The molecule has 31 heavy (non-hydrogen) atoms. The maximum absolute atomic E-state index is 13.9. The lowest BCUT2D eigenvalue weighted by atomic mass is 9.90. The zero-order valence-electron chi connectivity index (χ0n) is 15.9. The third kappa shape index (κ3) is 3.23. The molecule has 8 heteroatoms. The van der Waals surface area contributed by atoms with Gasteiger partial charge in [0, 0.05) is 0 Å². The minimum absolute atomic E-state index is 0.244. The molecule has 0 aromatic heterocycles. The number of amides is 2. The molecule has 3 aromatic carbocycles. The van der Waals surface area contributed by atoms with Gasteiger partial charge >= 0.3 is 0 Å². The van der Waals surface area contributed by atoms with Crippen LogP contribution in [0.2, 0.25) is 0 Å². The maximum Gasteiger partial charge on any atom is 0.266 e. The van der Waals surface area contributed by atoms with Crippen LogP contribution in [0.4, 0.5) is 20.2 Å². The molecule has 5 nitrogen and oxygen atoms in total. The summed E-state index contributed by atoms with van der Waals surface area (Å²) >= 11 is 3.19. The minimum atomic E-state index is -1.05. The SMILES string of the molecule is O=C1[C@H]2[C@@H](ON(c3ccccc3)[C@H]2c2ccc(F)c(Br)c2)C(=O)N1c1ccc(F)cc1. The maximum atomic E-state index is 13.9. The molecule has 0 bridgehead atoms. The Hall–Kier alpha value is -3.10. The zero-order chi connectivity index (χ0) is 21.7. The van der Waals surface area contributed by atoms with Gasteiger partial charge in [-0.2, -0.15) is 0 Å². The standard InChI is InChI=1S/C23H15BrF2N2O3/c24-17-12-13(6-11-18(17)26)20-19-21(31-28(20)16-4-2-1-3-5-16)23(30)27(22(19)29)15-9-7-14(25)8-10-15/h1-12,19-21H/t19-,20+,21-/m1/s1. The summed E-state index contributed by atoms with van der Waals surface area (Å²) in [6.07, 6.45) is -1.05. The number of benzene rings is 3. The molecular formula is C23H15BrF2N2O3. The number of imide groups is 1. The molecule has 0 radical (unpaired) electrons. The lowest BCUT2D eigenvalue weighted by molar-refractivity contribution is -0.126. The first kappa shape index (κ1) is 19.8. The van der Waals surface area contributed by atoms with Gasteiger partial charge in [0.25, 0.3) is 5.91 Å². The summed E-state index contributed by atoms with van der Waals surface area (Å²) in [6.45, 7) is 0. The van der Waals surface area contributed by atoms with E-state index < -0.39 is 41.5 Å². The first-order valence-electron chi connectivity index (χ1n) is 9.55. The van der Waals surface area contributed by atoms with E-state index >= 15 is 0 Å². The number of hydrogen-bond donors (Lipinski definition) is 0. The van der Waals surface area contributed by atoms with Crippen LogP contribution in [0.25, 0.3) is 0 Å². The van der Waals surface area contributed by atoms with E-state index in [1.165, 1.54) is 35.4 Å². The van der Waals surface area contributed by atoms with E-state index in [9.17, 15) is 18.4 Å². The Morgan fingerprint density at radius 3 is 2.23 bits per heavy atom. The second-order valence-corrected chi connectivity index (χ2v) is 8.17. The summed E-state index contributed by atoms with van der Waals surface area (Å²) in [4.78, 5) is 33.6. The predicted octanol–water partition coefficient (Wildman–Crippen LogP) is 4.78. The molecule has 156 valence electrons. The highest BCUT2D eigenvalue weighted by atomic mass is 79.9. The van der Waals surface area contributed by atoms with Crippen LogP contribution in [0.5, 0.6) is 0 Å². The summed E-state index contributed by atoms with van der Waals surface area (Å²) in [6, 6.07) is 18.0. The fourth-order valence-electron chi connectivity index (χ4n) is 4.09. The molecule has 0 spiro atoms. The molecule has 0 aliphatic carbocycles. The summed E-state index contributed by atoms with van der Waals surface area (Å²) in [5.74, 6) is -2.73. The quantitative estimate of drug-likeness (QED) is 0.502. The van der Waals surface area contributed by atoms with Crippen molar-refractivity contribution in [3.63, 3.8) is 0 Å². The van der Waals surface area contributed by atoms with Crippen LogP contribution >= 0.6 is 15.9 Å². The fourth-order valence-corrected chi connectivity index (χ4v) is 4.49. The van der Waals surface area contributed by atoms with Crippen molar-refractivity contribution in [1.82, 2.24) is 0 Å². The van der Waals surface area contributed by atoms with E-state index in [0.29, 0.717) is 11.3 Å². The van der Waals surface area contributed by atoms with Gasteiger partial charge in [0.05, 0.1) is 21.9 Å². The summed E-state index contributed by atoms with van der Waals surface area (Å²) in [7, 11) is 0. The minimum Gasteiger partial charge on any atom is -0.273 e. The lowest BCUT2D eigenvalue weighted by Crippen LogP contribution is -2.37. The van der Waals surface area contributed by atoms with Crippen molar-refractivity contribution >= 4 is 39.1 Å². The Morgan fingerprint density at radius 2 is 1.55 bits per heavy atom. The number of fused-ring (bicyclic) bond motifs is 1. The average molecular weight is 485 g/mol. The van der Waals surface area contributed by atoms with Gasteiger partial charge in [0.2, 0.25) is 5.91 Å². The van der Waals surface area contributed by atoms with E-state index in [-0.39, 0.29) is 10.2 Å². The molecule has 5 rings (SSSR count). The van der Waals surface area contributed by atoms with Gasteiger partial charge in [-0.3, -0.25) is 14.4 Å². The van der Waals surface area contributed by atoms with Crippen molar-refractivity contribution in [3.8, 4) is 0 Å². The van der Waals surface area contributed by atoms with Crippen molar-refractivity contribution in [3.05, 3.63) is 94.5 Å². The van der Waals surface area contributed by atoms with Gasteiger partial charge in [-0.05, 0) is 70.0 Å². The van der Waals surface area contributed by atoms with E-state index in [4.69, 9.17) is 4.84 Å². The van der Waals surface area contributed by atoms with E-state index in [1.807, 2.05) is 18.2 Å². The van der Waals surface area contributed by atoms with Crippen molar-refractivity contribution in [2.45, 2.75) is 12.1 Å². The number of rotatable bonds is 3. The summed E-state index contributed by atoms with van der Waals surface area (Å²) < 4.78 is 27.5. The molecule has 2 fully saturated rings. The van der Waals surface area contributed by atoms with Crippen LogP contribution in [0.15, 0.2) is 77.3 Å². The Morgan fingerprint density at radius 1 is 0.839 bits per heavy atom. The third-order valence-electron chi connectivity index (χ3n) is 5.50. The predicted molar refractivity (Wildman–Crippen MR) is 113 cm³/mol. The molecule has 2 saturated heterocycles. The Kier molecular flexibility index (Phi) is 4.83. The molecule has 0 N–H and O–H groups in total.